The van der Waals surface area contributed by atoms with E-state index in [1.807, 2.05) is 36.2 Å². The number of carbonyl (C=O) groups is 1. The lowest BCUT2D eigenvalue weighted by Gasteiger charge is -2.32. The number of carbonyl (C=O) groups excluding carboxylic acids is 1. The molecular formula is C31H30FN5O. The van der Waals surface area contributed by atoms with Gasteiger partial charge in [0.15, 0.2) is 0 Å². The Morgan fingerprint density at radius 1 is 0.974 bits per heavy atom. The second kappa shape index (κ2) is 9.08. The zero-order valence-electron chi connectivity index (χ0n) is 21.5. The first-order valence-corrected chi connectivity index (χ1v) is 13.5. The summed E-state index contributed by atoms with van der Waals surface area (Å²) in [5, 5.41) is 5.52. The van der Waals surface area contributed by atoms with Gasteiger partial charge in [-0.15, -0.1) is 0 Å². The van der Waals surface area contributed by atoms with Crippen LogP contribution in [0.15, 0.2) is 66.7 Å². The summed E-state index contributed by atoms with van der Waals surface area (Å²) < 4.78 is 18.1. The van der Waals surface area contributed by atoms with Crippen molar-refractivity contribution in [2.24, 2.45) is 13.0 Å². The van der Waals surface area contributed by atoms with E-state index in [-0.39, 0.29) is 11.7 Å². The number of likely N-dealkylation sites (tertiary alicyclic amines) is 1. The molecule has 2 aliphatic rings. The summed E-state index contributed by atoms with van der Waals surface area (Å²) in [4.78, 5) is 20.8. The number of halogens is 1. The fourth-order valence-corrected chi connectivity index (χ4v) is 6.03. The molecule has 3 aromatic carbocycles. The van der Waals surface area contributed by atoms with Gasteiger partial charge in [-0.2, -0.15) is 5.10 Å². The summed E-state index contributed by atoms with van der Waals surface area (Å²) in [7, 11) is 1.85. The van der Waals surface area contributed by atoms with Crippen molar-refractivity contribution < 1.29 is 9.18 Å². The van der Waals surface area contributed by atoms with Gasteiger partial charge in [-0.05, 0) is 61.9 Å². The van der Waals surface area contributed by atoms with Crippen molar-refractivity contribution in [3.05, 3.63) is 83.9 Å². The Hall–Kier alpha value is -4.00. The minimum atomic E-state index is -0.304. The van der Waals surface area contributed by atoms with Crippen LogP contribution in [-0.2, 0) is 13.6 Å². The molecule has 0 atom stereocenters. The molecule has 1 saturated heterocycles. The number of benzene rings is 3. The molecule has 2 fully saturated rings. The molecule has 0 spiro atoms. The molecule has 6 nitrogen and oxygen atoms in total. The molecule has 1 aliphatic carbocycles. The monoisotopic (exact) mass is 507 g/mol. The number of amides is 1. The first-order chi connectivity index (χ1) is 18.6. The number of aromatic nitrogens is 4. The minimum Gasteiger partial charge on any atom is -0.339 e. The molecule has 2 aromatic heterocycles. The molecule has 0 radical (unpaired) electrons. The van der Waals surface area contributed by atoms with Gasteiger partial charge in [-0.25, -0.2) is 9.37 Å². The maximum Gasteiger partial charge on any atom is 0.256 e. The predicted molar refractivity (Wildman–Crippen MR) is 146 cm³/mol. The van der Waals surface area contributed by atoms with Crippen molar-refractivity contribution in [2.75, 3.05) is 13.1 Å². The number of aryl methyl sites for hydroxylation is 1. The van der Waals surface area contributed by atoms with Crippen molar-refractivity contribution in [1.82, 2.24) is 24.2 Å². The van der Waals surface area contributed by atoms with Gasteiger partial charge in [-0.3, -0.25) is 9.48 Å². The standard InChI is InChI=1S/C31H30FN5O/c1-35-29-24(28(34-35)22-6-4-7-23(32)18-22)8-5-9-25(29)31(38)36-16-14-21(15-17-36)30-33-26-10-2-3-11-27(26)37(30)19-20-12-13-20/h2-11,18,20-21H,12-17,19H2,1H3. The van der Waals surface area contributed by atoms with E-state index in [9.17, 15) is 9.18 Å². The average molecular weight is 508 g/mol. The summed E-state index contributed by atoms with van der Waals surface area (Å²) in [6.07, 6.45) is 4.41. The third-order valence-electron chi connectivity index (χ3n) is 8.16. The number of piperidine rings is 1. The normalized spacial score (nSPS) is 16.5. The van der Waals surface area contributed by atoms with E-state index in [1.54, 1.807) is 10.7 Å². The van der Waals surface area contributed by atoms with E-state index in [0.29, 0.717) is 35.8 Å². The SMILES string of the molecule is Cn1nc(-c2cccc(F)c2)c2cccc(C(=O)N3CCC(c4nc5ccccc5n4CC4CC4)CC3)c21. The second-order valence-electron chi connectivity index (χ2n) is 10.8. The van der Waals surface area contributed by atoms with Crippen LogP contribution in [0.25, 0.3) is 33.2 Å². The largest absolute Gasteiger partial charge is 0.339 e. The molecule has 192 valence electrons. The molecule has 7 rings (SSSR count). The van der Waals surface area contributed by atoms with Gasteiger partial charge in [0, 0.05) is 43.5 Å². The summed E-state index contributed by atoms with van der Waals surface area (Å²) in [5.74, 6) is 2.01. The van der Waals surface area contributed by atoms with Crippen LogP contribution in [0.1, 0.15) is 47.8 Å². The van der Waals surface area contributed by atoms with Crippen molar-refractivity contribution >= 4 is 27.8 Å². The van der Waals surface area contributed by atoms with Crippen LogP contribution in [0, 0.1) is 11.7 Å². The molecule has 38 heavy (non-hydrogen) atoms. The molecule has 0 bridgehead atoms. The van der Waals surface area contributed by atoms with Crippen LogP contribution in [0.2, 0.25) is 0 Å². The van der Waals surface area contributed by atoms with Crippen molar-refractivity contribution in [3.8, 4) is 11.3 Å². The minimum absolute atomic E-state index is 0.0225. The highest BCUT2D eigenvalue weighted by molar-refractivity contribution is 6.08. The highest BCUT2D eigenvalue weighted by atomic mass is 19.1. The van der Waals surface area contributed by atoms with Gasteiger partial charge < -0.3 is 9.47 Å². The highest BCUT2D eigenvalue weighted by Crippen LogP contribution is 2.37. The first-order valence-electron chi connectivity index (χ1n) is 13.5. The molecule has 1 amide bonds. The molecule has 0 unspecified atom stereocenters. The van der Waals surface area contributed by atoms with Crippen LogP contribution < -0.4 is 0 Å². The van der Waals surface area contributed by atoms with E-state index < -0.39 is 0 Å². The zero-order valence-corrected chi connectivity index (χ0v) is 21.5. The van der Waals surface area contributed by atoms with Crippen LogP contribution in [-0.4, -0.2) is 43.2 Å². The average Bonchev–Trinajstić information content (AvgIpc) is 3.60. The van der Waals surface area contributed by atoms with E-state index in [0.717, 1.165) is 41.7 Å². The fourth-order valence-electron chi connectivity index (χ4n) is 6.03. The highest BCUT2D eigenvalue weighted by Gasteiger charge is 2.31. The Morgan fingerprint density at radius 2 is 1.76 bits per heavy atom. The fraction of sp³-hybridized carbons (Fsp3) is 0.323. The molecule has 0 N–H and O–H groups in total. The van der Waals surface area contributed by atoms with Gasteiger partial charge in [-0.1, -0.05) is 36.4 Å². The van der Waals surface area contributed by atoms with E-state index >= 15 is 0 Å². The number of hydrogen-bond acceptors (Lipinski definition) is 3. The molecular weight excluding hydrogens is 477 g/mol. The van der Waals surface area contributed by atoms with E-state index in [2.05, 4.69) is 33.9 Å². The van der Waals surface area contributed by atoms with Gasteiger partial charge in [0.1, 0.15) is 17.3 Å². The molecule has 1 saturated carbocycles. The Labute approximate surface area is 220 Å². The maximum atomic E-state index is 13.9. The van der Waals surface area contributed by atoms with Crippen LogP contribution in [0.5, 0.6) is 0 Å². The van der Waals surface area contributed by atoms with Gasteiger partial charge in [0.2, 0.25) is 0 Å². The Bertz CT molecular complexity index is 1670. The summed E-state index contributed by atoms with van der Waals surface area (Å²) in [5.41, 5.74) is 5.10. The third kappa shape index (κ3) is 3.97. The Balaban J connectivity index is 1.15. The van der Waals surface area contributed by atoms with Crippen LogP contribution in [0.3, 0.4) is 0 Å². The van der Waals surface area contributed by atoms with Gasteiger partial charge >= 0.3 is 0 Å². The third-order valence-corrected chi connectivity index (χ3v) is 8.16. The molecule has 3 heterocycles. The molecule has 7 heteroatoms. The summed E-state index contributed by atoms with van der Waals surface area (Å²) >= 11 is 0. The number of fused-ring (bicyclic) bond motifs is 2. The van der Waals surface area contributed by atoms with Crippen LogP contribution >= 0.6 is 0 Å². The first kappa shape index (κ1) is 23.1. The van der Waals surface area contributed by atoms with Crippen molar-refractivity contribution in [1.29, 1.82) is 0 Å². The van der Waals surface area contributed by atoms with Gasteiger partial charge in [0.25, 0.3) is 5.91 Å². The molecule has 5 aromatic rings. The second-order valence-corrected chi connectivity index (χ2v) is 10.8. The summed E-state index contributed by atoms with van der Waals surface area (Å²) in [6.45, 7) is 2.44. The van der Waals surface area contributed by atoms with E-state index in [4.69, 9.17) is 4.98 Å². The number of nitrogens with zero attached hydrogens (tertiary/aromatic N) is 5. The Kier molecular flexibility index (Phi) is 5.53. The number of para-hydroxylation sites is 3. The van der Waals surface area contributed by atoms with Gasteiger partial charge in [0.05, 0.1) is 22.1 Å². The van der Waals surface area contributed by atoms with Crippen molar-refractivity contribution in [3.63, 3.8) is 0 Å². The van der Waals surface area contributed by atoms with Crippen molar-refractivity contribution in [2.45, 2.75) is 38.1 Å². The lowest BCUT2D eigenvalue weighted by molar-refractivity contribution is 0.0712. The zero-order chi connectivity index (χ0) is 25.8. The quantitative estimate of drug-likeness (QED) is 0.286. The summed E-state index contributed by atoms with van der Waals surface area (Å²) in [6, 6.07) is 20.6. The maximum absolute atomic E-state index is 13.9. The lowest BCUT2D eigenvalue weighted by Crippen LogP contribution is -2.38. The number of rotatable bonds is 5. The number of hydrogen-bond donors (Lipinski definition) is 0. The number of imidazole rings is 1. The topological polar surface area (TPSA) is 56.0 Å². The molecule has 1 aliphatic heterocycles. The smallest absolute Gasteiger partial charge is 0.256 e. The Morgan fingerprint density at radius 3 is 2.55 bits per heavy atom. The lowest BCUT2D eigenvalue weighted by atomic mass is 9.95. The predicted octanol–water partition coefficient (Wildman–Crippen LogP) is 6.16. The van der Waals surface area contributed by atoms with Crippen LogP contribution in [0.4, 0.5) is 4.39 Å². The van der Waals surface area contributed by atoms with E-state index in [1.165, 1.54) is 36.3 Å².